The molecule has 1 aliphatic carbocycles. The number of carbonyl (C=O) groups excluding carboxylic acids is 1. The van der Waals surface area contributed by atoms with Gasteiger partial charge in [-0.2, -0.15) is 5.26 Å². The normalized spacial score (nSPS) is 26.1. The minimum Gasteiger partial charge on any atom is -0.444 e. The molecule has 2 aromatic carbocycles. The van der Waals surface area contributed by atoms with Gasteiger partial charge in [-0.15, -0.1) is 0 Å². The van der Waals surface area contributed by atoms with E-state index in [0.29, 0.717) is 11.1 Å². The summed E-state index contributed by atoms with van der Waals surface area (Å²) in [5.74, 6) is 0. The number of aromatic amines is 1. The molecule has 2 fully saturated rings. The molecular formula is C24H24N4O3. The molecule has 1 saturated carbocycles. The highest BCUT2D eigenvalue weighted by atomic mass is 16.6. The number of fused-ring (bicyclic) bond motifs is 1. The van der Waals surface area contributed by atoms with Gasteiger partial charge in [0, 0.05) is 12.1 Å². The molecule has 7 nitrogen and oxygen atoms in total. The molecule has 1 saturated heterocycles. The summed E-state index contributed by atoms with van der Waals surface area (Å²) in [5.41, 5.74) is 2.98. The third kappa shape index (κ3) is 3.28. The molecule has 0 spiro atoms. The third-order valence-electron chi connectivity index (χ3n) is 6.65. The Morgan fingerprint density at radius 2 is 1.74 bits per heavy atom. The highest BCUT2D eigenvalue weighted by Crippen LogP contribution is 2.40. The number of nitriles is 1. The summed E-state index contributed by atoms with van der Waals surface area (Å²) in [6, 6.07) is 17.5. The molecule has 31 heavy (non-hydrogen) atoms. The Bertz CT molecular complexity index is 1220. The highest BCUT2D eigenvalue weighted by Gasteiger charge is 2.44. The van der Waals surface area contributed by atoms with Crippen molar-refractivity contribution in [3.63, 3.8) is 0 Å². The predicted octanol–water partition coefficient (Wildman–Crippen LogP) is 4.27. The number of hydrogen-bond acceptors (Lipinski definition) is 4. The lowest BCUT2D eigenvalue weighted by Gasteiger charge is -2.37. The van der Waals surface area contributed by atoms with E-state index in [0.717, 1.165) is 36.8 Å². The van der Waals surface area contributed by atoms with Crippen LogP contribution >= 0.6 is 0 Å². The van der Waals surface area contributed by atoms with Gasteiger partial charge < -0.3 is 9.72 Å². The molecule has 1 aliphatic heterocycles. The van der Waals surface area contributed by atoms with Crippen molar-refractivity contribution in [1.29, 1.82) is 5.26 Å². The van der Waals surface area contributed by atoms with Crippen molar-refractivity contribution in [3.05, 3.63) is 70.1 Å². The van der Waals surface area contributed by atoms with Crippen LogP contribution in [0.3, 0.4) is 0 Å². The van der Waals surface area contributed by atoms with Gasteiger partial charge in [0.05, 0.1) is 28.7 Å². The van der Waals surface area contributed by atoms with E-state index in [-0.39, 0.29) is 36.0 Å². The van der Waals surface area contributed by atoms with Gasteiger partial charge in [0.2, 0.25) is 0 Å². The number of amides is 1. The summed E-state index contributed by atoms with van der Waals surface area (Å²) in [7, 11) is 0. The molecule has 1 aromatic heterocycles. The third-order valence-corrected chi connectivity index (χ3v) is 6.65. The second-order valence-electron chi connectivity index (χ2n) is 8.46. The SMILES string of the molecule is C[C@@H]1OC(=O)N([C@H]2CC[C@H](n3c(=O)[nH]c4cc(C#N)ccc43)CC2)C1c1ccccc1. The van der Waals surface area contributed by atoms with Crippen LogP contribution in [0.5, 0.6) is 0 Å². The monoisotopic (exact) mass is 416 g/mol. The summed E-state index contributed by atoms with van der Waals surface area (Å²) in [4.78, 5) is 30.1. The van der Waals surface area contributed by atoms with Crippen molar-refractivity contribution in [3.8, 4) is 6.07 Å². The quantitative estimate of drug-likeness (QED) is 0.690. The van der Waals surface area contributed by atoms with Gasteiger partial charge in [-0.3, -0.25) is 9.47 Å². The maximum atomic E-state index is 12.7. The first-order valence-corrected chi connectivity index (χ1v) is 10.7. The smallest absolute Gasteiger partial charge is 0.411 e. The van der Waals surface area contributed by atoms with Crippen molar-refractivity contribution in [2.75, 3.05) is 0 Å². The minimum absolute atomic E-state index is 0.0663. The Morgan fingerprint density at radius 3 is 2.45 bits per heavy atom. The zero-order valence-electron chi connectivity index (χ0n) is 17.3. The topological polar surface area (TPSA) is 91.1 Å². The number of rotatable bonds is 3. The van der Waals surface area contributed by atoms with Crippen LogP contribution in [0.2, 0.25) is 0 Å². The van der Waals surface area contributed by atoms with Crippen LogP contribution in [0.4, 0.5) is 4.79 Å². The molecule has 0 bridgehead atoms. The zero-order chi connectivity index (χ0) is 21.5. The number of aromatic nitrogens is 2. The van der Waals surface area contributed by atoms with E-state index in [1.807, 2.05) is 52.8 Å². The molecule has 1 unspecified atom stereocenters. The minimum atomic E-state index is -0.252. The van der Waals surface area contributed by atoms with Gasteiger partial charge in [-0.1, -0.05) is 30.3 Å². The first-order chi connectivity index (χ1) is 15.1. The van der Waals surface area contributed by atoms with Gasteiger partial charge in [0.1, 0.15) is 6.10 Å². The number of H-pyrrole nitrogens is 1. The highest BCUT2D eigenvalue weighted by molar-refractivity contribution is 5.77. The Morgan fingerprint density at radius 1 is 1.03 bits per heavy atom. The predicted molar refractivity (Wildman–Crippen MR) is 116 cm³/mol. The largest absolute Gasteiger partial charge is 0.444 e. The molecule has 158 valence electrons. The van der Waals surface area contributed by atoms with E-state index in [4.69, 9.17) is 10.00 Å². The Kier molecular flexibility index (Phi) is 4.78. The van der Waals surface area contributed by atoms with Crippen molar-refractivity contribution in [2.45, 2.75) is 56.8 Å². The van der Waals surface area contributed by atoms with Gasteiger partial charge in [0.25, 0.3) is 0 Å². The van der Waals surface area contributed by atoms with Crippen molar-refractivity contribution in [2.24, 2.45) is 0 Å². The van der Waals surface area contributed by atoms with Crippen LogP contribution < -0.4 is 5.69 Å². The summed E-state index contributed by atoms with van der Waals surface area (Å²) in [6.07, 6.45) is 2.78. The van der Waals surface area contributed by atoms with Crippen LogP contribution in [0, 0.1) is 11.3 Å². The molecule has 2 heterocycles. The fraction of sp³-hybridized carbons (Fsp3) is 0.375. The number of nitrogens with zero attached hydrogens (tertiary/aromatic N) is 3. The molecule has 2 aliphatic rings. The fourth-order valence-electron chi connectivity index (χ4n) is 5.24. The second kappa shape index (κ2) is 7.62. The standard InChI is InChI=1S/C24H24N4O3/c1-15-22(17-5-3-2-4-6-17)28(24(30)31-15)19-10-8-18(9-11-19)27-21-12-7-16(14-25)13-20(21)26-23(27)29/h2-7,12-13,15,18-19,22H,8-11H2,1H3,(H,26,29)/t15-,18-,19-,22?/m0/s1. The molecule has 2 atom stereocenters. The lowest BCUT2D eigenvalue weighted by molar-refractivity contribution is 0.121. The molecule has 0 radical (unpaired) electrons. The van der Waals surface area contributed by atoms with Crippen LogP contribution in [0.1, 0.15) is 55.8 Å². The summed E-state index contributed by atoms with van der Waals surface area (Å²) < 4.78 is 7.40. The van der Waals surface area contributed by atoms with E-state index in [9.17, 15) is 9.59 Å². The van der Waals surface area contributed by atoms with Gasteiger partial charge >= 0.3 is 11.8 Å². The second-order valence-corrected chi connectivity index (χ2v) is 8.46. The van der Waals surface area contributed by atoms with E-state index in [1.54, 1.807) is 12.1 Å². The lowest BCUT2D eigenvalue weighted by atomic mass is 9.88. The summed E-state index contributed by atoms with van der Waals surface area (Å²) >= 11 is 0. The number of hydrogen-bond donors (Lipinski definition) is 1. The fourth-order valence-corrected chi connectivity index (χ4v) is 5.24. The Hall–Kier alpha value is -3.53. The number of ether oxygens (including phenoxy) is 1. The van der Waals surface area contributed by atoms with Crippen molar-refractivity contribution < 1.29 is 9.53 Å². The lowest BCUT2D eigenvalue weighted by Crippen LogP contribution is -2.41. The average molecular weight is 416 g/mol. The molecular weight excluding hydrogens is 392 g/mol. The molecule has 1 amide bonds. The van der Waals surface area contributed by atoms with Crippen molar-refractivity contribution in [1.82, 2.24) is 14.5 Å². The Labute approximate surface area is 179 Å². The summed E-state index contributed by atoms with van der Waals surface area (Å²) in [6.45, 7) is 1.95. The molecule has 1 N–H and O–H groups in total. The first-order valence-electron chi connectivity index (χ1n) is 10.7. The van der Waals surface area contributed by atoms with Crippen LogP contribution in [-0.2, 0) is 4.74 Å². The van der Waals surface area contributed by atoms with Crippen molar-refractivity contribution >= 4 is 17.1 Å². The van der Waals surface area contributed by atoms with E-state index in [1.165, 1.54) is 0 Å². The number of nitrogens with one attached hydrogen (secondary N) is 1. The number of benzene rings is 2. The number of imidazole rings is 1. The van der Waals surface area contributed by atoms with Crippen LogP contribution in [-0.4, -0.2) is 32.7 Å². The first kappa shape index (κ1) is 19.4. The molecule has 7 heteroatoms. The van der Waals surface area contributed by atoms with Gasteiger partial charge in [-0.05, 0) is 56.4 Å². The average Bonchev–Trinajstić information content (AvgIpc) is 3.28. The number of carbonyl (C=O) groups is 1. The van der Waals surface area contributed by atoms with E-state index < -0.39 is 0 Å². The van der Waals surface area contributed by atoms with Gasteiger partial charge in [0.15, 0.2) is 0 Å². The van der Waals surface area contributed by atoms with Gasteiger partial charge in [-0.25, -0.2) is 9.59 Å². The molecule has 5 rings (SSSR count). The zero-order valence-corrected chi connectivity index (χ0v) is 17.3. The van der Waals surface area contributed by atoms with E-state index in [2.05, 4.69) is 11.1 Å². The van der Waals surface area contributed by atoms with Crippen LogP contribution in [0.15, 0.2) is 53.3 Å². The maximum absolute atomic E-state index is 12.7. The van der Waals surface area contributed by atoms with E-state index >= 15 is 0 Å². The maximum Gasteiger partial charge on any atom is 0.411 e. The Balaban J connectivity index is 1.38. The summed E-state index contributed by atoms with van der Waals surface area (Å²) in [5, 5.41) is 9.11. The number of cyclic esters (lactones) is 1. The van der Waals surface area contributed by atoms with Crippen LogP contribution in [0.25, 0.3) is 11.0 Å². The molecule has 3 aromatic rings.